The van der Waals surface area contributed by atoms with E-state index in [1.165, 1.54) is 4.90 Å². The number of aromatic nitrogens is 23. The molecule has 132 heavy (non-hydrogen) atoms. The average molecular weight is 1780 g/mol. The second kappa shape index (κ2) is 42.1. The first-order chi connectivity index (χ1) is 63.8. The lowest BCUT2D eigenvalue weighted by Gasteiger charge is -2.17. The van der Waals surface area contributed by atoms with Crippen molar-refractivity contribution in [1.82, 2.24) is 130 Å². The topological polar surface area (TPSA) is 498 Å². The zero-order valence-corrected chi connectivity index (χ0v) is 74.4. The van der Waals surface area contributed by atoms with Crippen LogP contribution in [0.5, 0.6) is 0 Å². The summed E-state index contributed by atoms with van der Waals surface area (Å²) in [6.45, 7) is 14.8. The second-order valence-corrected chi connectivity index (χ2v) is 29.9. The van der Waals surface area contributed by atoms with Gasteiger partial charge in [0.15, 0.2) is 0 Å². The van der Waals surface area contributed by atoms with Gasteiger partial charge in [-0.2, -0.15) is 24.9 Å². The molecule has 5 amide bonds. The molecule has 0 bridgehead atoms. The molecule has 0 aliphatic heterocycles. The van der Waals surface area contributed by atoms with Crippen LogP contribution in [-0.4, -0.2) is 224 Å². The zero-order chi connectivity index (χ0) is 93.1. The summed E-state index contributed by atoms with van der Waals surface area (Å²) < 4.78 is 37.0. The molecule has 670 valence electrons. The molecule has 0 fully saturated rings. The first-order valence-electron chi connectivity index (χ1n) is 41.4. The van der Waals surface area contributed by atoms with Gasteiger partial charge in [-0.25, -0.2) is 0 Å². The van der Waals surface area contributed by atoms with E-state index in [2.05, 4.69) is 128 Å². The van der Waals surface area contributed by atoms with Crippen molar-refractivity contribution in [1.29, 1.82) is 0 Å². The van der Waals surface area contributed by atoms with Gasteiger partial charge in [0, 0.05) is 172 Å². The number of methoxy groups -OCH3 is 2. The zero-order valence-electron chi connectivity index (χ0n) is 74.4. The van der Waals surface area contributed by atoms with Crippen LogP contribution in [0.4, 0.5) is 11.4 Å². The van der Waals surface area contributed by atoms with Crippen molar-refractivity contribution in [3.05, 3.63) is 230 Å². The molecule has 40 nitrogen and oxygen atoms in total. The Morgan fingerprint density at radius 3 is 1.16 bits per heavy atom. The number of fused-ring (bicyclic) bond motifs is 3. The third-order valence-corrected chi connectivity index (χ3v) is 19.7. The van der Waals surface area contributed by atoms with E-state index in [9.17, 15) is 24.0 Å². The minimum atomic E-state index is -0.141. The van der Waals surface area contributed by atoms with E-state index in [1.54, 1.807) is 180 Å². The molecule has 18 aromatic heterocycles. The lowest BCUT2D eigenvalue weighted by molar-refractivity contribution is -0.119. The van der Waals surface area contributed by atoms with Gasteiger partial charge in [-0.15, -0.1) is 0 Å². The Bertz CT molecular complexity index is 7090. The highest BCUT2D eigenvalue weighted by Crippen LogP contribution is 2.32. The fraction of sp³-hybridized carbons (Fsp3) is 0.228. The van der Waals surface area contributed by atoms with E-state index >= 15 is 0 Å². The lowest BCUT2D eigenvalue weighted by atomic mass is 10.1. The number of nitrogens with one attached hydrogen (secondary N) is 4. The molecule has 0 aromatic carbocycles. The van der Waals surface area contributed by atoms with Gasteiger partial charge in [-0.1, -0.05) is 32.7 Å². The maximum Gasteiger partial charge on any atom is 0.269 e. The number of pyridine rings is 10. The Labute approximate surface area is 753 Å². The second-order valence-electron chi connectivity index (χ2n) is 29.9. The van der Waals surface area contributed by atoms with E-state index in [0.29, 0.717) is 171 Å². The number of ether oxygens (including phenoxy) is 2. The van der Waals surface area contributed by atoms with Gasteiger partial charge in [-0.05, 0) is 135 Å². The number of carbonyl (C=O) groups excluding carboxylic acids is 5. The Kier molecular flexibility index (Phi) is 29.1. The molecule has 0 radical (unpaired) electrons. The quantitative estimate of drug-likeness (QED) is 0.0436. The van der Waals surface area contributed by atoms with Crippen molar-refractivity contribution < 1.29 is 56.1 Å². The van der Waals surface area contributed by atoms with Crippen LogP contribution in [-0.2, 0) is 25.6 Å². The van der Waals surface area contributed by atoms with E-state index in [-0.39, 0.29) is 29.5 Å². The largest absolute Gasteiger partial charge is 0.384 e. The molecule has 4 N–H and O–H groups in total. The third-order valence-electron chi connectivity index (χ3n) is 19.7. The lowest BCUT2D eigenvalue weighted by Crippen LogP contribution is -2.27. The molecule has 0 spiro atoms. The fourth-order valence-corrected chi connectivity index (χ4v) is 13.2. The van der Waals surface area contributed by atoms with Gasteiger partial charge < -0.3 is 72.0 Å². The number of hydrogen-bond donors (Lipinski definition) is 4. The molecule has 0 unspecified atom stereocenters. The predicted molar refractivity (Wildman–Crippen MR) is 486 cm³/mol. The maximum atomic E-state index is 12.6. The number of rotatable bonds is 24. The van der Waals surface area contributed by atoms with Crippen LogP contribution in [0.1, 0.15) is 94.0 Å². The molecule has 18 heterocycles. The van der Waals surface area contributed by atoms with Crippen molar-refractivity contribution in [2.75, 3.05) is 79.4 Å². The van der Waals surface area contributed by atoms with Gasteiger partial charge in [0.1, 0.15) is 17.1 Å². The first kappa shape index (κ1) is 91.3. The Balaban J connectivity index is 0.000000133. The number of H-pyrrole nitrogens is 2. The SMILES string of the molecule is CCCn1c(C(=O)N(C)C)cc2cc(-c3cc(-c4noc(C)n4)ccn3)ncc21.CCNC(=O)c1cc2cc(-c3cc(-c4noc(C)n4)ccn3)ncc2[nH]1.COCCC(=O)N(C)c1ccc(-c2cc(-c3noc(C)n3)ccn2)nc1.COCCC(=O)Nc1ccc(-c2cc(-c3noc(C)n3)ccn2)nc1.Cc1nc(-c2ccnc(-c3cc4cc(C(=O)N(C)C)[nH]c4cn3)c2)no1. The summed E-state index contributed by atoms with van der Waals surface area (Å²) in [5.41, 5.74) is 16.4. The van der Waals surface area contributed by atoms with E-state index in [1.807, 2.05) is 109 Å². The summed E-state index contributed by atoms with van der Waals surface area (Å²) in [5, 5.41) is 27.9. The minimum absolute atomic E-state index is 0.0243. The minimum Gasteiger partial charge on any atom is -0.384 e. The fourth-order valence-electron chi connectivity index (χ4n) is 13.2. The Hall–Kier alpha value is -16.9. The normalized spacial score (nSPS) is 10.9. The molecule has 0 saturated carbocycles. The standard InChI is InChI=1S/C21H22N6O2.2C18H16N6O2.C18H19N5O3.C17H17N5O3/c1-5-8-27-18(21(28)26(3)4)11-15-10-17(23-12-19(15)27)16-9-14(6-7-22-16)20-24-13(2)29-25-20;1-10-21-17(23-26-10)11-4-5-19-13(6-11)14-7-12-8-15(18(25)24(2)3)22-16(12)9-20-14;1-3-19-18(25)15-8-12-7-14(21-9-16(12)23-15)13-6-11(4-5-20-13)17-22-10(2)26-24-17;1-12-21-18(22-26-12)13-6-8-19-16(10-13)15-5-4-14(11-20-15)23(2)17(24)7-9-25-3;1-11-20-17(22-25-11)12-5-7-18-15(9-12)14-4-3-13(10-19-14)21-16(23)6-8-24-2/h6-7,9-12H,5,8H2,1-4H3;4-9,22H,1-3H3;4-9,23H,3H2,1-2H3,(H,19,25);4-6,8,10-11H,7,9H2,1-3H3;3-5,7,9-10H,6,8H2,1-2H3,(H,21,23). The number of amides is 5. The summed E-state index contributed by atoms with van der Waals surface area (Å²) in [5.74, 6) is 4.64. The van der Waals surface area contributed by atoms with Crippen LogP contribution < -0.4 is 15.5 Å². The highest BCUT2D eigenvalue weighted by molar-refractivity contribution is 6.01. The van der Waals surface area contributed by atoms with Gasteiger partial charge in [0.05, 0.1) is 142 Å². The highest BCUT2D eigenvalue weighted by Gasteiger charge is 2.23. The number of hydrogen-bond acceptors (Lipinski definition) is 32. The highest BCUT2D eigenvalue weighted by atomic mass is 16.5. The van der Waals surface area contributed by atoms with E-state index in [0.717, 1.165) is 79.2 Å². The van der Waals surface area contributed by atoms with E-state index in [4.69, 9.17) is 32.1 Å². The Morgan fingerprint density at radius 1 is 0.402 bits per heavy atom. The first-order valence-corrected chi connectivity index (χ1v) is 41.4. The summed E-state index contributed by atoms with van der Waals surface area (Å²) in [6.07, 6.45) is 18.4. The molecule has 40 heteroatoms. The monoisotopic (exact) mass is 1780 g/mol. The van der Waals surface area contributed by atoms with Crippen LogP contribution in [0.2, 0.25) is 0 Å². The van der Waals surface area contributed by atoms with Crippen molar-refractivity contribution >= 4 is 73.6 Å². The molecular weight excluding hydrogens is 1690 g/mol. The average Bonchev–Trinajstić information content (AvgIpc) is 1.62. The van der Waals surface area contributed by atoms with Crippen molar-refractivity contribution in [2.24, 2.45) is 0 Å². The van der Waals surface area contributed by atoms with Crippen molar-refractivity contribution in [2.45, 2.75) is 74.3 Å². The van der Waals surface area contributed by atoms with E-state index < -0.39 is 0 Å². The van der Waals surface area contributed by atoms with Crippen LogP contribution in [0.15, 0.2) is 206 Å². The summed E-state index contributed by atoms with van der Waals surface area (Å²) >= 11 is 0. The smallest absolute Gasteiger partial charge is 0.269 e. The van der Waals surface area contributed by atoms with Crippen LogP contribution >= 0.6 is 0 Å². The van der Waals surface area contributed by atoms with Crippen molar-refractivity contribution in [3.8, 4) is 114 Å². The number of carbonyl (C=O) groups is 5. The molecular formula is C92H90N28O12. The van der Waals surface area contributed by atoms with Crippen molar-refractivity contribution in [3.63, 3.8) is 0 Å². The molecule has 0 atom stereocenters. The van der Waals surface area contributed by atoms with Crippen LogP contribution in [0.25, 0.3) is 147 Å². The summed E-state index contributed by atoms with van der Waals surface area (Å²) in [7, 11) is 11.8. The molecule has 0 saturated heterocycles. The van der Waals surface area contributed by atoms with Crippen LogP contribution in [0, 0.1) is 34.6 Å². The molecule has 18 rings (SSSR count). The number of aryl methyl sites for hydroxylation is 6. The number of anilines is 2. The van der Waals surface area contributed by atoms with Gasteiger partial charge in [-0.3, -0.25) is 73.8 Å². The maximum absolute atomic E-state index is 12.6. The number of aromatic amines is 2. The third kappa shape index (κ3) is 22.5. The summed E-state index contributed by atoms with van der Waals surface area (Å²) in [4.78, 5) is 137. The number of nitrogens with zero attached hydrogens (tertiary/aromatic N) is 24. The predicted octanol–water partition coefficient (Wildman–Crippen LogP) is 14.0. The van der Waals surface area contributed by atoms with Gasteiger partial charge in [0.2, 0.25) is 70.4 Å². The molecule has 0 aliphatic carbocycles. The Morgan fingerprint density at radius 2 is 0.780 bits per heavy atom. The molecule has 0 aliphatic rings. The van der Waals surface area contributed by atoms with Gasteiger partial charge >= 0.3 is 0 Å². The van der Waals surface area contributed by atoms with Crippen LogP contribution in [0.3, 0.4) is 0 Å². The summed E-state index contributed by atoms with van der Waals surface area (Å²) in [6, 6.07) is 36.9. The van der Waals surface area contributed by atoms with Gasteiger partial charge in [0.25, 0.3) is 17.7 Å². The molecule has 18 aromatic rings.